The van der Waals surface area contributed by atoms with E-state index in [1.54, 1.807) is 38.3 Å². The molecule has 8 heteroatoms. The summed E-state index contributed by atoms with van der Waals surface area (Å²) in [4.78, 5) is 37.6. The number of hydrogen-bond acceptors (Lipinski definition) is 6. The third kappa shape index (κ3) is 6.12. The minimum Gasteiger partial charge on any atom is -0.497 e. The highest BCUT2D eigenvalue weighted by molar-refractivity contribution is 5.95. The van der Waals surface area contributed by atoms with Crippen LogP contribution in [0.3, 0.4) is 0 Å². The molecule has 2 aromatic rings. The first kappa shape index (κ1) is 23.8. The van der Waals surface area contributed by atoms with Crippen LogP contribution in [0, 0.1) is 0 Å². The highest BCUT2D eigenvalue weighted by atomic mass is 16.5. The number of methoxy groups -OCH3 is 1. The van der Waals surface area contributed by atoms with Crippen LogP contribution in [-0.2, 0) is 19.1 Å². The van der Waals surface area contributed by atoms with E-state index in [1.807, 2.05) is 37.3 Å². The Hall–Kier alpha value is -3.81. The van der Waals surface area contributed by atoms with Gasteiger partial charge in [0.2, 0.25) is 0 Å². The molecule has 1 aliphatic heterocycles. The number of nitrogens with one attached hydrogen (secondary N) is 2. The molecule has 2 aromatic carbocycles. The molecule has 3 rings (SSSR count). The maximum absolute atomic E-state index is 12.8. The summed E-state index contributed by atoms with van der Waals surface area (Å²) in [6, 6.07) is 15.3. The third-order valence-corrected chi connectivity index (χ3v) is 5.32. The molecule has 0 unspecified atom stereocenters. The molecule has 0 bridgehead atoms. The lowest BCUT2D eigenvalue weighted by Gasteiger charge is -2.29. The standard InChI is InChI=1S/C25H28N2O6/c1-4-32-24(29)22-20(15-33-21(28)14-16(2)17-8-6-5-7-9-17)26-25(30)27-23(22)18-10-12-19(31-3)13-11-18/h5-13,16,23H,4,14-15H2,1-3H3,(H2,26,27,30)/t16-,23+/m0/s1. The van der Waals surface area contributed by atoms with Gasteiger partial charge in [0.15, 0.2) is 0 Å². The zero-order valence-corrected chi connectivity index (χ0v) is 18.9. The number of ether oxygens (including phenoxy) is 3. The molecule has 174 valence electrons. The highest BCUT2D eigenvalue weighted by Gasteiger charge is 2.34. The molecule has 0 spiro atoms. The Bertz CT molecular complexity index is 1020. The maximum Gasteiger partial charge on any atom is 0.338 e. The van der Waals surface area contributed by atoms with Crippen LogP contribution in [0.2, 0.25) is 0 Å². The number of rotatable bonds is 9. The van der Waals surface area contributed by atoms with Gasteiger partial charge in [0.25, 0.3) is 0 Å². The Kier molecular flexibility index (Phi) is 8.07. The summed E-state index contributed by atoms with van der Waals surface area (Å²) in [5.74, 6) is -0.431. The molecular weight excluding hydrogens is 424 g/mol. The van der Waals surface area contributed by atoms with E-state index in [0.717, 1.165) is 5.56 Å². The summed E-state index contributed by atoms with van der Waals surface area (Å²) < 4.78 is 15.8. The Morgan fingerprint density at radius 2 is 1.73 bits per heavy atom. The van der Waals surface area contributed by atoms with Gasteiger partial charge in [0.05, 0.1) is 37.4 Å². The Morgan fingerprint density at radius 1 is 1.03 bits per heavy atom. The van der Waals surface area contributed by atoms with E-state index in [9.17, 15) is 14.4 Å². The normalized spacial score (nSPS) is 16.3. The van der Waals surface area contributed by atoms with Gasteiger partial charge in [-0.1, -0.05) is 49.4 Å². The fraction of sp³-hybridized carbons (Fsp3) is 0.320. The Morgan fingerprint density at radius 3 is 2.36 bits per heavy atom. The SMILES string of the molecule is CCOC(=O)C1=C(COC(=O)C[C@H](C)c2ccccc2)NC(=O)N[C@@H]1c1ccc(OC)cc1. The molecule has 0 saturated carbocycles. The van der Waals surface area contributed by atoms with Gasteiger partial charge in [-0.05, 0) is 36.1 Å². The molecule has 1 aliphatic rings. The van der Waals surface area contributed by atoms with Crippen LogP contribution in [-0.4, -0.2) is 38.3 Å². The van der Waals surface area contributed by atoms with E-state index in [1.165, 1.54) is 0 Å². The summed E-state index contributed by atoms with van der Waals surface area (Å²) >= 11 is 0. The average Bonchev–Trinajstić information content (AvgIpc) is 2.83. The van der Waals surface area contributed by atoms with Crippen LogP contribution >= 0.6 is 0 Å². The van der Waals surface area contributed by atoms with Crippen LogP contribution in [0.25, 0.3) is 0 Å². The first-order valence-corrected chi connectivity index (χ1v) is 10.7. The van der Waals surface area contributed by atoms with E-state index in [-0.39, 0.29) is 36.8 Å². The van der Waals surface area contributed by atoms with Crippen molar-refractivity contribution in [3.05, 3.63) is 77.0 Å². The molecule has 2 atom stereocenters. The molecule has 8 nitrogen and oxygen atoms in total. The second-order valence-electron chi connectivity index (χ2n) is 7.59. The van der Waals surface area contributed by atoms with Gasteiger partial charge in [-0.3, -0.25) is 4.79 Å². The van der Waals surface area contributed by atoms with Crippen molar-refractivity contribution >= 4 is 18.0 Å². The van der Waals surface area contributed by atoms with Crippen LogP contribution in [0.15, 0.2) is 65.9 Å². The smallest absolute Gasteiger partial charge is 0.338 e. The molecule has 2 amide bonds. The fourth-order valence-corrected chi connectivity index (χ4v) is 3.59. The third-order valence-electron chi connectivity index (χ3n) is 5.32. The summed E-state index contributed by atoms with van der Waals surface area (Å²) in [7, 11) is 1.55. The van der Waals surface area contributed by atoms with Crippen molar-refractivity contribution < 1.29 is 28.6 Å². The number of carbonyl (C=O) groups excluding carboxylic acids is 3. The van der Waals surface area contributed by atoms with Crippen molar-refractivity contribution in [1.82, 2.24) is 10.6 Å². The van der Waals surface area contributed by atoms with Crippen LogP contribution in [0.1, 0.15) is 43.4 Å². The van der Waals surface area contributed by atoms with Gasteiger partial charge in [-0.15, -0.1) is 0 Å². The number of hydrogen-bond donors (Lipinski definition) is 2. The fourth-order valence-electron chi connectivity index (χ4n) is 3.59. The molecule has 0 radical (unpaired) electrons. The van der Waals surface area contributed by atoms with E-state index < -0.39 is 24.0 Å². The predicted molar refractivity (Wildman–Crippen MR) is 121 cm³/mol. The zero-order chi connectivity index (χ0) is 23.8. The lowest BCUT2D eigenvalue weighted by molar-refractivity contribution is -0.144. The highest BCUT2D eigenvalue weighted by Crippen LogP contribution is 2.29. The van der Waals surface area contributed by atoms with Crippen LogP contribution in [0.5, 0.6) is 5.75 Å². The number of benzene rings is 2. The molecule has 2 N–H and O–H groups in total. The van der Waals surface area contributed by atoms with Crippen molar-refractivity contribution in [3.63, 3.8) is 0 Å². The largest absolute Gasteiger partial charge is 0.497 e. The predicted octanol–water partition coefficient (Wildman–Crippen LogP) is 3.60. The number of urea groups is 1. The van der Waals surface area contributed by atoms with Crippen LogP contribution < -0.4 is 15.4 Å². The Labute approximate surface area is 192 Å². The van der Waals surface area contributed by atoms with Gasteiger partial charge in [0, 0.05) is 0 Å². The van der Waals surface area contributed by atoms with Crippen molar-refractivity contribution in [2.45, 2.75) is 32.2 Å². The van der Waals surface area contributed by atoms with Gasteiger partial charge in [-0.25, -0.2) is 9.59 Å². The first-order valence-electron chi connectivity index (χ1n) is 10.7. The summed E-state index contributed by atoms with van der Waals surface area (Å²) in [6.07, 6.45) is 0.167. The van der Waals surface area contributed by atoms with E-state index in [0.29, 0.717) is 11.3 Å². The molecular formula is C25H28N2O6. The lowest BCUT2D eigenvalue weighted by atomic mass is 9.95. The Balaban J connectivity index is 1.80. The van der Waals surface area contributed by atoms with Crippen molar-refractivity contribution in [2.24, 2.45) is 0 Å². The molecule has 0 fully saturated rings. The van der Waals surface area contributed by atoms with E-state index in [2.05, 4.69) is 10.6 Å². The van der Waals surface area contributed by atoms with Gasteiger partial charge >= 0.3 is 18.0 Å². The summed E-state index contributed by atoms with van der Waals surface area (Å²) in [6.45, 7) is 3.54. The quantitative estimate of drug-likeness (QED) is 0.564. The van der Waals surface area contributed by atoms with Crippen molar-refractivity contribution in [3.8, 4) is 5.75 Å². The molecule has 33 heavy (non-hydrogen) atoms. The minimum absolute atomic E-state index is 0.0353. The minimum atomic E-state index is -0.763. The summed E-state index contributed by atoms with van der Waals surface area (Å²) in [5, 5.41) is 5.34. The van der Waals surface area contributed by atoms with Gasteiger partial charge < -0.3 is 24.8 Å². The second-order valence-corrected chi connectivity index (χ2v) is 7.59. The first-order chi connectivity index (χ1) is 15.9. The van der Waals surface area contributed by atoms with Crippen LogP contribution in [0.4, 0.5) is 4.79 Å². The lowest BCUT2D eigenvalue weighted by Crippen LogP contribution is -2.47. The molecule has 0 aliphatic carbocycles. The zero-order valence-electron chi connectivity index (χ0n) is 18.9. The number of amides is 2. The molecule has 0 aromatic heterocycles. The second kappa shape index (κ2) is 11.2. The monoisotopic (exact) mass is 452 g/mol. The van der Waals surface area contributed by atoms with E-state index >= 15 is 0 Å². The molecule has 0 saturated heterocycles. The van der Waals surface area contributed by atoms with Crippen molar-refractivity contribution in [2.75, 3.05) is 20.3 Å². The average molecular weight is 453 g/mol. The van der Waals surface area contributed by atoms with Gasteiger partial charge in [-0.2, -0.15) is 0 Å². The topological polar surface area (TPSA) is 103 Å². The summed E-state index contributed by atoms with van der Waals surface area (Å²) in [5.41, 5.74) is 2.06. The van der Waals surface area contributed by atoms with Gasteiger partial charge in [0.1, 0.15) is 12.4 Å². The van der Waals surface area contributed by atoms with E-state index in [4.69, 9.17) is 14.2 Å². The molecule has 1 heterocycles. The van der Waals surface area contributed by atoms with Crippen molar-refractivity contribution in [1.29, 1.82) is 0 Å². The number of carbonyl (C=O) groups is 3. The maximum atomic E-state index is 12.8. The number of esters is 2.